The van der Waals surface area contributed by atoms with Crippen LogP contribution in [0.4, 0.5) is 0 Å². The summed E-state index contributed by atoms with van der Waals surface area (Å²) >= 11 is 0. The summed E-state index contributed by atoms with van der Waals surface area (Å²) in [4.78, 5) is 10.5. The zero-order chi connectivity index (χ0) is 8.43. The molecule has 0 bridgehead atoms. The van der Waals surface area contributed by atoms with Gasteiger partial charge in [-0.15, -0.1) is 0 Å². The summed E-state index contributed by atoms with van der Waals surface area (Å²) in [5, 5.41) is 11.7. The molecule has 2 N–H and O–H groups in total. The first-order valence-corrected chi connectivity index (χ1v) is 4.07. The number of piperidine rings is 1. The summed E-state index contributed by atoms with van der Waals surface area (Å²) in [5.41, 5.74) is 0. The van der Waals surface area contributed by atoms with Gasteiger partial charge in [0.15, 0.2) is 0 Å². The zero-order valence-corrected chi connectivity index (χ0v) is 7.00. The number of aliphatic carboxylic acids is 1. The maximum atomic E-state index is 10.5. The van der Waals surface area contributed by atoms with Crippen LogP contribution in [-0.2, 0) is 4.79 Å². The molecule has 3 nitrogen and oxygen atoms in total. The topological polar surface area (TPSA) is 49.3 Å². The van der Waals surface area contributed by atoms with Gasteiger partial charge in [0.1, 0.15) is 6.04 Å². The van der Waals surface area contributed by atoms with E-state index in [0.717, 1.165) is 13.0 Å². The van der Waals surface area contributed by atoms with Crippen molar-refractivity contribution < 1.29 is 9.90 Å². The zero-order valence-electron chi connectivity index (χ0n) is 7.00. The summed E-state index contributed by atoms with van der Waals surface area (Å²) < 4.78 is 0. The lowest BCUT2D eigenvalue weighted by molar-refractivity contribution is -0.140. The van der Waals surface area contributed by atoms with Crippen molar-refractivity contribution in [3.63, 3.8) is 0 Å². The second-order valence-electron chi connectivity index (χ2n) is 3.49. The number of carboxylic acids is 1. The number of hydrogen-bond donors (Lipinski definition) is 2. The van der Waals surface area contributed by atoms with E-state index >= 15 is 0 Å². The molecule has 1 fully saturated rings. The van der Waals surface area contributed by atoms with E-state index < -0.39 is 5.97 Å². The molecule has 11 heavy (non-hydrogen) atoms. The SMILES string of the molecule is CC1CNC(C(=O)O)CC1C. The van der Waals surface area contributed by atoms with Crippen LogP contribution in [0.1, 0.15) is 20.3 Å². The lowest BCUT2D eigenvalue weighted by Gasteiger charge is -2.30. The van der Waals surface area contributed by atoms with Gasteiger partial charge in [0.25, 0.3) is 0 Å². The molecule has 1 aliphatic rings. The minimum Gasteiger partial charge on any atom is -0.480 e. The van der Waals surface area contributed by atoms with Crippen molar-refractivity contribution in [1.29, 1.82) is 0 Å². The van der Waals surface area contributed by atoms with Gasteiger partial charge in [-0.05, 0) is 24.8 Å². The Kier molecular flexibility index (Phi) is 2.49. The van der Waals surface area contributed by atoms with E-state index in [1.54, 1.807) is 0 Å². The van der Waals surface area contributed by atoms with Gasteiger partial charge in [0.05, 0.1) is 0 Å². The third-order valence-electron chi connectivity index (χ3n) is 2.56. The largest absolute Gasteiger partial charge is 0.480 e. The first-order valence-electron chi connectivity index (χ1n) is 4.07. The van der Waals surface area contributed by atoms with E-state index in [1.165, 1.54) is 0 Å². The highest BCUT2D eigenvalue weighted by molar-refractivity contribution is 5.73. The fourth-order valence-corrected chi connectivity index (χ4v) is 1.40. The second-order valence-corrected chi connectivity index (χ2v) is 3.49. The van der Waals surface area contributed by atoms with Crippen LogP contribution in [0.25, 0.3) is 0 Å². The molecule has 0 amide bonds. The summed E-state index contributed by atoms with van der Waals surface area (Å²) in [7, 11) is 0. The van der Waals surface area contributed by atoms with E-state index in [2.05, 4.69) is 19.2 Å². The minimum absolute atomic E-state index is 0.318. The molecule has 0 saturated carbocycles. The number of hydrogen-bond acceptors (Lipinski definition) is 2. The van der Waals surface area contributed by atoms with Crippen molar-refractivity contribution in [1.82, 2.24) is 5.32 Å². The molecule has 3 atom stereocenters. The Hall–Kier alpha value is -0.570. The van der Waals surface area contributed by atoms with Gasteiger partial charge in [-0.3, -0.25) is 4.79 Å². The number of carboxylic acid groups (broad SMARTS) is 1. The Morgan fingerprint density at radius 1 is 1.45 bits per heavy atom. The highest BCUT2D eigenvalue weighted by Crippen LogP contribution is 2.20. The van der Waals surface area contributed by atoms with E-state index in [1.807, 2.05) is 0 Å². The van der Waals surface area contributed by atoms with E-state index in [9.17, 15) is 4.79 Å². The minimum atomic E-state index is -0.719. The molecule has 1 rings (SSSR count). The van der Waals surface area contributed by atoms with Crippen LogP contribution in [0.5, 0.6) is 0 Å². The van der Waals surface area contributed by atoms with Crippen LogP contribution < -0.4 is 5.32 Å². The van der Waals surface area contributed by atoms with Crippen molar-refractivity contribution in [2.45, 2.75) is 26.3 Å². The van der Waals surface area contributed by atoms with Gasteiger partial charge in [-0.1, -0.05) is 13.8 Å². The van der Waals surface area contributed by atoms with Gasteiger partial charge in [0.2, 0.25) is 0 Å². The standard InChI is InChI=1S/C8H15NO2/c1-5-3-7(8(10)11)9-4-6(5)2/h5-7,9H,3-4H2,1-2H3,(H,10,11). The monoisotopic (exact) mass is 157 g/mol. The molecule has 1 aliphatic heterocycles. The average Bonchev–Trinajstić information content (AvgIpc) is 1.94. The van der Waals surface area contributed by atoms with Crippen molar-refractivity contribution in [2.24, 2.45) is 11.8 Å². The predicted molar refractivity (Wildman–Crippen MR) is 42.4 cm³/mol. The summed E-state index contributed by atoms with van der Waals surface area (Å²) in [6, 6.07) is -0.318. The van der Waals surface area contributed by atoms with Gasteiger partial charge in [0, 0.05) is 0 Å². The molecule has 0 spiro atoms. The molecule has 3 heteroatoms. The quantitative estimate of drug-likeness (QED) is 0.589. The molecule has 0 aromatic rings. The molecule has 1 saturated heterocycles. The Morgan fingerprint density at radius 3 is 2.55 bits per heavy atom. The van der Waals surface area contributed by atoms with Crippen LogP contribution in [-0.4, -0.2) is 23.7 Å². The summed E-state index contributed by atoms with van der Waals surface area (Å²) in [5.74, 6) is 0.409. The molecule has 0 aromatic carbocycles. The van der Waals surface area contributed by atoms with Crippen LogP contribution >= 0.6 is 0 Å². The molecule has 1 heterocycles. The van der Waals surface area contributed by atoms with Crippen LogP contribution in [0.2, 0.25) is 0 Å². The first-order chi connectivity index (χ1) is 5.11. The maximum Gasteiger partial charge on any atom is 0.320 e. The average molecular weight is 157 g/mol. The second kappa shape index (κ2) is 3.22. The van der Waals surface area contributed by atoms with E-state index in [0.29, 0.717) is 11.8 Å². The van der Waals surface area contributed by atoms with Crippen LogP contribution in [0.3, 0.4) is 0 Å². The maximum absolute atomic E-state index is 10.5. The Balaban J connectivity index is 2.46. The van der Waals surface area contributed by atoms with Crippen molar-refractivity contribution in [2.75, 3.05) is 6.54 Å². The fourth-order valence-electron chi connectivity index (χ4n) is 1.40. The lowest BCUT2D eigenvalue weighted by Crippen LogP contribution is -2.46. The highest BCUT2D eigenvalue weighted by Gasteiger charge is 2.27. The Bertz CT molecular complexity index is 158. The normalized spacial score (nSPS) is 38.5. The first kappa shape index (κ1) is 8.53. The Morgan fingerprint density at radius 2 is 2.09 bits per heavy atom. The predicted octanol–water partition coefficient (Wildman–Crippen LogP) is 0.705. The van der Waals surface area contributed by atoms with Gasteiger partial charge < -0.3 is 10.4 Å². The van der Waals surface area contributed by atoms with Gasteiger partial charge in [-0.2, -0.15) is 0 Å². The molecule has 3 unspecified atom stereocenters. The number of carbonyl (C=O) groups is 1. The smallest absolute Gasteiger partial charge is 0.320 e. The molecular formula is C8H15NO2. The van der Waals surface area contributed by atoms with Gasteiger partial charge >= 0.3 is 5.97 Å². The van der Waals surface area contributed by atoms with Crippen molar-refractivity contribution >= 4 is 5.97 Å². The lowest BCUT2D eigenvalue weighted by atomic mass is 9.86. The molecular weight excluding hydrogens is 142 g/mol. The highest BCUT2D eigenvalue weighted by atomic mass is 16.4. The van der Waals surface area contributed by atoms with Crippen LogP contribution in [0.15, 0.2) is 0 Å². The third-order valence-corrected chi connectivity index (χ3v) is 2.56. The van der Waals surface area contributed by atoms with Crippen LogP contribution in [0, 0.1) is 11.8 Å². The van der Waals surface area contributed by atoms with E-state index in [4.69, 9.17) is 5.11 Å². The van der Waals surface area contributed by atoms with Gasteiger partial charge in [-0.25, -0.2) is 0 Å². The summed E-state index contributed by atoms with van der Waals surface area (Å²) in [6.45, 7) is 5.09. The Labute approximate surface area is 66.8 Å². The van der Waals surface area contributed by atoms with Crippen molar-refractivity contribution in [3.05, 3.63) is 0 Å². The molecule has 0 aromatic heterocycles. The summed E-state index contributed by atoms with van der Waals surface area (Å²) in [6.07, 6.45) is 0.760. The van der Waals surface area contributed by atoms with E-state index in [-0.39, 0.29) is 6.04 Å². The molecule has 64 valence electrons. The van der Waals surface area contributed by atoms with Crippen molar-refractivity contribution in [3.8, 4) is 0 Å². The third kappa shape index (κ3) is 1.93. The number of rotatable bonds is 1. The molecule has 0 radical (unpaired) electrons. The number of nitrogens with one attached hydrogen (secondary N) is 1. The molecule has 0 aliphatic carbocycles. The fraction of sp³-hybridized carbons (Fsp3) is 0.875.